The summed E-state index contributed by atoms with van der Waals surface area (Å²) in [5.74, 6) is -3.68. The Kier molecular flexibility index (Phi) is 5.98. The number of imide groups is 1. The topological polar surface area (TPSA) is 92.8 Å². The SMILES string of the molecule is O=C(COC(=O)c1ccccc1N1C(=O)[C@H]2C3c4ccccc4C(c4ccccc43)[C@@H]2C1=O)Nc1ccc(Cl)cc1. The molecule has 1 heterocycles. The van der Waals surface area contributed by atoms with E-state index in [1.54, 1.807) is 42.5 Å². The van der Waals surface area contributed by atoms with E-state index in [1.807, 2.05) is 48.5 Å². The van der Waals surface area contributed by atoms with Crippen LogP contribution >= 0.6 is 11.6 Å². The van der Waals surface area contributed by atoms with Crippen LogP contribution in [0.15, 0.2) is 97.1 Å². The number of carbonyl (C=O) groups excluding carboxylic acids is 4. The van der Waals surface area contributed by atoms with Crippen LogP contribution in [0.3, 0.4) is 0 Å². The number of hydrogen-bond acceptors (Lipinski definition) is 5. The summed E-state index contributed by atoms with van der Waals surface area (Å²) >= 11 is 5.88. The number of anilines is 2. The molecule has 8 heteroatoms. The van der Waals surface area contributed by atoms with Crippen molar-refractivity contribution in [1.29, 1.82) is 0 Å². The number of ether oxygens (including phenoxy) is 1. The van der Waals surface area contributed by atoms with Crippen molar-refractivity contribution in [2.75, 3.05) is 16.8 Å². The Morgan fingerprint density at radius 3 is 1.73 bits per heavy atom. The number of esters is 1. The van der Waals surface area contributed by atoms with Crippen LogP contribution in [0.5, 0.6) is 0 Å². The first-order chi connectivity index (χ1) is 19.9. The molecule has 0 aromatic heterocycles. The van der Waals surface area contributed by atoms with E-state index < -0.39 is 30.3 Å². The Morgan fingerprint density at radius 1 is 0.707 bits per heavy atom. The molecule has 0 spiro atoms. The zero-order valence-electron chi connectivity index (χ0n) is 21.6. The highest BCUT2D eigenvalue weighted by Crippen LogP contribution is 2.61. The molecular formula is C33H23ClN2O5. The fourth-order valence-electron chi connectivity index (χ4n) is 6.70. The van der Waals surface area contributed by atoms with Gasteiger partial charge in [0.15, 0.2) is 6.61 Å². The van der Waals surface area contributed by atoms with Gasteiger partial charge in [-0.3, -0.25) is 14.4 Å². The summed E-state index contributed by atoms with van der Waals surface area (Å²) < 4.78 is 5.30. The molecule has 7 nitrogen and oxygen atoms in total. The van der Waals surface area contributed by atoms with Gasteiger partial charge in [0, 0.05) is 22.5 Å². The Bertz CT molecular complexity index is 1640. The van der Waals surface area contributed by atoms with Crippen LogP contribution < -0.4 is 10.2 Å². The van der Waals surface area contributed by atoms with E-state index in [0.717, 1.165) is 27.2 Å². The van der Waals surface area contributed by atoms with Crippen molar-refractivity contribution in [2.24, 2.45) is 11.8 Å². The van der Waals surface area contributed by atoms with Crippen LogP contribution in [-0.2, 0) is 19.1 Å². The zero-order valence-corrected chi connectivity index (χ0v) is 22.4. The fraction of sp³-hybridized carbons (Fsp3) is 0.152. The van der Waals surface area contributed by atoms with Gasteiger partial charge < -0.3 is 10.1 Å². The molecule has 1 N–H and O–H groups in total. The van der Waals surface area contributed by atoms with Gasteiger partial charge in [0.2, 0.25) is 11.8 Å². The number of nitrogens with one attached hydrogen (secondary N) is 1. The van der Waals surface area contributed by atoms with Gasteiger partial charge in [-0.15, -0.1) is 0 Å². The minimum absolute atomic E-state index is 0.0366. The van der Waals surface area contributed by atoms with Gasteiger partial charge in [-0.25, -0.2) is 9.69 Å². The normalized spacial score (nSPS) is 21.6. The van der Waals surface area contributed by atoms with Gasteiger partial charge in [0.05, 0.1) is 23.1 Å². The van der Waals surface area contributed by atoms with E-state index in [-0.39, 0.29) is 34.9 Å². The van der Waals surface area contributed by atoms with Crippen molar-refractivity contribution < 1.29 is 23.9 Å². The smallest absolute Gasteiger partial charge is 0.340 e. The van der Waals surface area contributed by atoms with E-state index in [9.17, 15) is 19.2 Å². The molecule has 0 unspecified atom stereocenters. The van der Waals surface area contributed by atoms with E-state index >= 15 is 0 Å². The average molecular weight is 563 g/mol. The van der Waals surface area contributed by atoms with Gasteiger partial charge in [-0.05, 0) is 58.7 Å². The van der Waals surface area contributed by atoms with E-state index in [2.05, 4.69) is 5.32 Å². The van der Waals surface area contributed by atoms with Gasteiger partial charge >= 0.3 is 5.97 Å². The second-order valence-corrected chi connectivity index (χ2v) is 10.9. The van der Waals surface area contributed by atoms with Crippen LogP contribution in [0.4, 0.5) is 11.4 Å². The van der Waals surface area contributed by atoms with Crippen LogP contribution in [-0.4, -0.2) is 30.3 Å². The first kappa shape index (κ1) is 25.2. The summed E-state index contributed by atoms with van der Waals surface area (Å²) in [7, 11) is 0. The molecule has 1 aliphatic heterocycles. The molecule has 2 bridgehead atoms. The van der Waals surface area contributed by atoms with Gasteiger partial charge in [0.25, 0.3) is 5.91 Å². The highest BCUT2D eigenvalue weighted by atomic mass is 35.5. The Morgan fingerprint density at radius 2 is 1.20 bits per heavy atom. The fourth-order valence-corrected chi connectivity index (χ4v) is 6.82. The molecule has 0 radical (unpaired) electrons. The molecule has 4 aliphatic rings. The van der Waals surface area contributed by atoms with Crippen molar-refractivity contribution in [2.45, 2.75) is 11.8 Å². The third kappa shape index (κ3) is 3.96. The molecule has 4 aromatic carbocycles. The average Bonchev–Trinajstić information content (AvgIpc) is 3.27. The molecule has 1 saturated heterocycles. The molecule has 3 amide bonds. The van der Waals surface area contributed by atoms with Crippen molar-refractivity contribution in [1.82, 2.24) is 0 Å². The summed E-state index contributed by atoms with van der Waals surface area (Å²) in [5.41, 5.74) is 4.98. The standard InChI is InChI=1S/C33H23ClN2O5/c34-18-13-15-19(16-14-18)35-26(37)17-41-33(40)24-11-5-6-12-25(24)36-31(38)29-27-20-7-1-2-8-21(20)28(30(29)32(36)39)23-10-4-3-9-22(23)27/h1-16,27-30H,17H2,(H,35,37)/t27?,28?,29-,30-/m0/s1. The number of halogens is 1. The highest BCUT2D eigenvalue weighted by molar-refractivity contribution is 6.30. The van der Waals surface area contributed by atoms with E-state index in [4.69, 9.17) is 16.3 Å². The van der Waals surface area contributed by atoms with E-state index in [1.165, 1.54) is 6.07 Å². The van der Waals surface area contributed by atoms with Gasteiger partial charge in [-0.2, -0.15) is 0 Å². The van der Waals surface area contributed by atoms with E-state index in [0.29, 0.717) is 10.7 Å². The molecule has 3 aliphatic carbocycles. The van der Waals surface area contributed by atoms with Gasteiger partial charge in [-0.1, -0.05) is 72.3 Å². The quantitative estimate of drug-likeness (QED) is 0.255. The maximum Gasteiger partial charge on any atom is 0.340 e. The lowest BCUT2D eigenvalue weighted by molar-refractivity contribution is -0.122. The lowest BCUT2D eigenvalue weighted by Crippen LogP contribution is -2.41. The summed E-state index contributed by atoms with van der Waals surface area (Å²) in [6.07, 6.45) is 0. The molecule has 8 rings (SSSR count). The van der Waals surface area contributed by atoms with Crippen molar-refractivity contribution in [3.8, 4) is 0 Å². The summed E-state index contributed by atoms with van der Waals surface area (Å²) in [6, 6.07) is 28.9. The van der Waals surface area contributed by atoms with Gasteiger partial charge in [0.1, 0.15) is 0 Å². The molecule has 41 heavy (non-hydrogen) atoms. The molecule has 1 fully saturated rings. The number of carbonyl (C=O) groups is 4. The first-order valence-electron chi connectivity index (χ1n) is 13.3. The van der Waals surface area contributed by atoms with Crippen molar-refractivity contribution >= 4 is 46.7 Å². The molecule has 2 atom stereocenters. The maximum atomic E-state index is 14.1. The number of hydrogen-bond donors (Lipinski definition) is 1. The number of amides is 3. The molecule has 0 saturated carbocycles. The predicted octanol–water partition coefficient (Wildman–Crippen LogP) is 5.53. The number of nitrogens with zero attached hydrogens (tertiary/aromatic N) is 1. The minimum atomic E-state index is -0.808. The zero-order chi connectivity index (χ0) is 28.2. The molecule has 4 aromatic rings. The molecule has 202 valence electrons. The monoisotopic (exact) mass is 562 g/mol. The number of benzene rings is 4. The van der Waals surface area contributed by atoms with Crippen LogP contribution in [0.25, 0.3) is 0 Å². The Labute approximate surface area is 240 Å². The predicted molar refractivity (Wildman–Crippen MR) is 153 cm³/mol. The third-order valence-corrected chi connectivity index (χ3v) is 8.53. The van der Waals surface area contributed by atoms with Crippen molar-refractivity contribution in [3.63, 3.8) is 0 Å². The first-order valence-corrected chi connectivity index (χ1v) is 13.7. The van der Waals surface area contributed by atoms with Crippen LogP contribution in [0.1, 0.15) is 44.4 Å². The lowest BCUT2D eigenvalue weighted by atomic mass is 9.55. The second-order valence-electron chi connectivity index (χ2n) is 10.4. The largest absolute Gasteiger partial charge is 0.452 e. The number of para-hydroxylation sites is 1. The summed E-state index contributed by atoms with van der Waals surface area (Å²) in [6.45, 7) is -0.544. The van der Waals surface area contributed by atoms with Crippen LogP contribution in [0, 0.1) is 11.8 Å². The van der Waals surface area contributed by atoms with Crippen molar-refractivity contribution in [3.05, 3.63) is 130 Å². The highest BCUT2D eigenvalue weighted by Gasteiger charge is 2.62. The summed E-state index contributed by atoms with van der Waals surface area (Å²) in [5, 5.41) is 3.16. The Balaban J connectivity index is 1.18. The van der Waals surface area contributed by atoms with Crippen LogP contribution in [0.2, 0.25) is 5.02 Å². The molecular weight excluding hydrogens is 540 g/mol. The second kappa shape index (κ2) is 9.71. The minimum Gasteiger partial charge on any atom is -0.452 e. The lowest BCUT2D eigenvalue weighted by Gasteiger charge is -2.45. The number of rotatable bonds is 5. The Hall–Kier alpha value is -4.75. The maximum absolute atomic E-state index is 14.1. The third-order valence-electron chi connectivity index (χ3n) is 8.28. The summed E-state index contributed by atoms with van der Waals surface area (Å²) in [4.78, 5) is 55.0.